The van der Waals surface area contributed by atoms with Gasteiger partial charge in [-0.15, -0.1) is 0 Å². The molecule has 2 N–H and O–H groups in total. The molecule has 92 valence electrons. The summed E-state index contributed by atoms with van der Waals surface area (Å²) < 4.78 is 10.7. The Morgan fingerprint density at radius 2 is 2.38 bits per heavy atom. The number of carbonyl (C=O) groups is 1. The minimum atomic E-state index is -0.260. The molecule has 0 aromatic heterocycles. The van der Waals surface area contributed by atoms with Gasteiger partial charge in [0.15, 0.2) is 0 Å². The number of hydrogen-bond donors (Lipinski definition) is 2. The highest BCUT2D eigenvalue weighted by molar-refractivity contribution is 5.81. The number of amides is 1. The third-order valence-corrected chi connectivity index (χ3v) is 3.17. The van der Waals surface area contributed by atoms with Gasteiger partial charge in [-0.05, 0) is 12.3 Å². The van der Waals surface area contributed by atoms with Crippen molar-refractivity contribution in [2.45, 2.75) is 25.5 Å². The molecule has 5 nitrogen and oxygen atoms in total. The van der Waals surface area contributed by atoms with E-state index >= 15 is 0 Å². The Kier molecular flexibility index (Phi) is 4.15. The molecule has 2 aliphatic heterocycles. The van der Waals surface area contributed by atoms with Gasteiger partial charge in [-0.25, -0.2) is 0 Å². The fraction of sp³-hybridized carbons (Fsp3) is 0.909. The summed E-state index contributed by atoms with van der Waals surface area (Å²) in [6.07, 6.45) is 0.715. The van der Waals surface area contributed by atoms with Gasteiger partial charge in [0, 0.05) is 25.7 Å². The molecule has 2 heterocycles. The SMILES string of the molecule is CC1CCOC1C(=O)NCC1COCCN1. The molecule has 0 aliphatic carbocycles. The van der Waals surface area contributed by atoms with Crippen molar-refractivity contribution >= 4 is 5.91 Å². The second-order valence-electron chi connectivity index (χ2n) is 4.53. The van der Waals surface area contributed by atoms with Crippen LogP contribution in [0.4, 0.5) is 0 Å². The van der Waals surface area contributed by atoms with Gasteiger partial charge >= 0.3 is 0 Å². The Balaban J connectivity index is 1.70. The molecule has 0 spiro atoms. The lowest BCUT2D eigenvalue weighted by atomic mass is 10.0. The molecule has 0 radical (unpaired) electrons. The van der Waals surface area contributed by atoms with Crippen molar-refractivity contribution in [3.8, 4) is 0 Å². The molecule has 3 unspecified atom stereocenters. The summed E-state index contributed by atoms with van der Waals surface area (Å²) >= 11 is 0. The summed E-state index contributed by atoms with van der Waals surface area (Å²) in [5, 5.41) is 6.21. The zero-order chi connectivity index (χ0) is 11.4. The summed E-state index contributed by atoms with van der Waals surface area (Å²) in [7, 11) is 0. The van der Waals surface area contributed by atoms with Crippen molar-refractivity contribution < 1.29 is 14.3 Å². The molecule has 0 aromatic carbocycles. The quantitative estimate of drug-likeness (QED) is 0.685. The van der Waals surface area contributed by atoms with Crippen LogP contribution in [-0.4, -0.2) is 51.0 Å². The van der Waals surface area contributed by atoms with E-state index in [0.29, 0.717) is 25.7 Å². The van der Waals surface area contributed by atoms with Crippen LogP contribution in [0.1, 0.15) is 13.3 Å². The van der Waals surface area contributed by atoms with E-state index in [1.807, 2.05) is 0 Å². The van der Waals surface area contributed by atoms with Gasteiger partial charge in [0.05, 0.1) is 13.2 Å². The van der Waals surface area contributed by atoms with Crippen LogP contribution in [-0.2, 0) is 14.3 Å². The van der Waals surface area contributed by atoms with E-state index in [1.165, 1.54) is 0 Å². The lowest BCUT2D eigenvalue weighted by molar-refractivity contribution is -0.131. The van der Waals surface area contributed by atoms with Gasteiger partial charge in [-0.3, -0.25) is 4.79 Å². The lowest BCUT2D eigenvalue weighted by Crippen LogP contribution is -2.50. The van der Waals surface area contributed by atoms with E-state index in [1.54, 1.807) is 0 Å². The summed E-state index contributed by atoms with van der Waals surface area (Å²) in [4.78, 5) is 11.8. The van der Waals surface area contributed by atoms with Crippen molar-refractivity contribution in [2.24, 2.45) is 5.92 Å². The molecule has 1 amide bonds. The molecule has 2 fully saturated rings. The van der Waals surface area contributed by atoms with Crippen LogP contribution in [0.25, 0.3) is 0 Å². The van der Waals surface area contributed by atoms with Gasteiger partial charge in [0.1, 0.15) is 6.10 Å². The zero-order valence-electron chi connectivity index (χ0n) is 9.70. The molecule has 0 aromatic rings. The summed E-state index contributed by atoms with van der Waals surface area (Å²) in [6.45, 7) is 5.65. The van der Waals surface area contributed by atoms with Gasteiger partial charge in [-0.2, -0.15) is 0 Å². The lowest BCUT2D eigenvalue weighted by Gasteiger charge is -2.24. The van der Waals surface area contributed by atoms with E-state index in [9.17, 15) is 4.79 Å². The molecule has 2 rings (SSSR count). The van der Waals surface area contributed by atoms with Crippen LogP contribution in [0.15, 0.2) is 0 Å². The first-order chi connectivity index (χ1) is 7.77. The Morgan fingerprint density at radius 3 is 3.00 bits per heavy atom. The van der Waals surface area contributed by atoms with Crippen molar-refractivity contribution in [1.29, 1.82) is 0 Å². The smallest absolute Gasteiger partial charge is 0.249 e. The van der Waals surface area contributed by atoms with Gasteiger partial charge in [0.2, 0.25) is 5.91 Å². The minimum absolute atomic E-state index is 0.0115. The first-order valence-corrected chi connectivity index (χ1v) is 5.98. The van der Waals surface area contributed by atoms with Crippen molar-refractivity contribution in [3.63, 3.8) is 0 Å². The Morgan fingerprint density at radius 1 is 1.50 bits per heavy atom. The van der Waals surface area contributed by atoms with E-state index in [2.05, 4.69) is 17.6 Å². The Bertz CT molecular complexity index is 241. The number of carbonyl (C=O) groups excluding carboxylic acids is 1. The summed E-state index contributed by atoms with van der Waals surface area (Å²) in [5.41, 5.74) is 0. The Labute approximate surface area is 95.9 Å². The van der Waals surface area contributed by atoms with Gasteiger partial charge in [0.25, 0.3) is 0 Å². The second kappa shape index (κ2) is 5.61. The molecule has 2 saturated heterocycles. The van der Waals surface area contributed by atoms with Gasteiger partial charge in [-0.1, -0.05) is 6.92 Å². The number of morpholine rings is 1. The van der Waals surface area contributed by atoms with E-state index < -0.39 is 0 Å². The van der Waals surface area contributed by atoms with Crippen molar-refractivity contribution in [3.05, 3.63) is 0 Å². The van der Waals surface area contributed by atoms with Crippen LogP contribution < -0.4 is 10.6 Å². The van der Waals surface area contributed by atoms with E-state index in [-0.39, 0.29) is 18.1 Å². The van der Waals surface area contributed by atoms with Gasteiger partial charge < -0.3 is 20.1 Å². The maximum Gasteiger partial charge on any atom is 0.249 e. The highest BCUT2D eigenvalue weighted by atomic mass is 16.5. The topological polar surface area (TPSA) is 59.6 Å². The maximum atomic E-state index is 11.8. The first kappa shape index (κ1) is 11.8. The predicted octanol–water partition coefficient (Wildman–Crippen LogP) is -0.484. The molecule has 3 atom stereocenters. The molecule has 5 heteroatoms. The molecule has 0 saturated carbocycles. The molecular weight excluding hydrogens is 208 g/mol. The second-order valence-corrected chi connectivity index (χ2v) is 4.53. The third-order valence-electron chi connectivity index (χ3n) is 3.17. The normalized spacial score (nSPS) is 34.9. The first-order valence-electron chi connectivity index (χ1n) is 5.98. The van der Waals surface area contributed by atoms with Crippen molar-refractivity contribution in [1.82, 2.24) is 10.6 Å². The van der Waals surface area contributed by atoms with Crippen LogP contribution in [0.3, 0.4) is 0 Å². The highest BCUT2D eigenvalue weighted by Crippen LogP contribution is 2.19. The van der Waals surface area contributed by atoms with Crippen molar-refractivity contribution in [2.75, 3.05) is 32.9 Å². The number of hydrogen-bond acceptors (Lipinski definition) is 4. The molecule has 0 bridgehead atoms. The number of rotatable bonds is 3. The minimum Gasteiger partial charge on any atom is -0.378 e. The van der Waals surface area contributed by atoms with Crippen LogP contribution in [0, 0.1) is 5.92 Å². The number of ether oxygens (including phenoxy) is 2. The fourth-order valence-corrected chi connectivity index (χ4v) is 2.11. The van der Waals surface area contributed by atoms with Crippen LogP contribution in [0.2, 0.25) is 0 Å². The molecule has 16 heavy (non-hydrogen) atoms. The maximum absolute atomic E-state index is 11.8. The van der Waals surface area contributed by atoms with E-state index in [0.717, 1.165) is 19.6 Å². The highest BCUT2D eigenvalue weighted by Gasteiger charge is 2.31. The Hall–Kier alpha value is -0.650. The summed E-state index contributed by atoms with van der Waals surface area (Å²) in [6, 6.07) is 0.231. The zero-order valence-corrected chi connectivity index (χ0v) is 9.70. The summed E-state index contributed by atoms with van der Waals surface area (Å²) in [5.74, 6) is 0.341. The largest absolute Gasteiger partial charge is 0.378 e. The average Bonchev–Trinajstić information content (AvgIpc) is 2.74. The van der Waals surface area contributed by atoms with Crippen LogP contribution >= 0.6 is 0 Å². The van der Waals surface area contributed by atoms with Crippen LogP contribution in [0.5, 0.6) is 0 Å². The predicted molar refractivity (Wildman–Crippen MR) is 59.1 cm³/mol. The fourth-order valence-electron chi connectivity index (χ4n) is 2.11. The third kappa shape index (κ3) is 2.93. The molecule has 2 aliphatic rings. The van der Waals surface area contributed by atoms with E-state index in [4.69, 9.17) is 9.47 Å². The number of nitrogens with one attached hydrogen (secondary N) is 2. The molecular formula is C11H20N2O3. The monoisotopic (exact) mass is 228 g/mol. The standard InChI is InChI=1S/C11H20N2O3/c1-8-2-4-16-10(8)11(14)13-6-9-7-15-5-3-12-9/h8-10,12H,2-7H2,1H3,(H,13,14). The average molecular weight is 228 g/mol.